The number of imide groups is 1. The zero-order valence-electron chi connectivity index (χ0n) is 72.8. The Balaban J connectivity index is 0.000000141. The lowest BCUT2D eigenvalue weighted by atomic mass is 9.89. The number of nitrogen functional groups attached to an aromatic ring is 2. The Bertz CT molecular complexity index is 5280. The zero-order valence-corrected chi connectivity index (χ0v) is 75.3. The van der Waals surface area contributed by atoms with Crippen LogP contribution in [-0.4, -0.2) is 163 Å². The molecular weight excluding hydrogens is 1640 g/mol. The number of piperidine rings is 3. The predicted octanol–water partition coefficient (Wildman–Crippen LogP) is 18.0. The summed E-state index contributed by atoms with van der Waals surface area (Å²) in [6.07, 6.45) is 19.8. The van der Waals surface area contributed by atoms with Crippen LogP contribution in [0.15, 0.2) is 91.4 Å². The number of fused-ring (bicyclic) bond motifs is 3. The third-order valence-electron chi connectivity index (χ3n) is 25.0. The van der Waals surface area contributed by atoms with Crippen LogP contribution in [0.1, 0.15) is 280 Å². The van der Waals surface area contributed by atoms with Gasteiger partial charge in [0.2, 0.25) is 0 Å². The first kappa shape index (κ1) is 88.3. The van der Waals surface area contributed by atoms with Crippen molar-refractivity contribution in [2.45, 2.75) is 243 Å². The average molecular weight is 1760 g/mol. The van der Waals surface area contributed by atoms with Crippen molar-refractivity contribution in [1.82, 2.24) is 44.6 Å². The van der Waals surface area contributed by atoms with Gasteiger partial charge >= 0.3 is 47.6 Å². The van der Waals surface area contributed by atoms with Crippen LogP contribution in [0, 0.1) is 17.8 Å². The Hall–Kier alpha value is -10.2. The second kappa shape index (κ2) is 37.8. The van der Waals surface area contributed by atoms with Crippen LogP contribution in [0.4, 0.5) is 44.1 Å². The molecule has 9 aromatic rings. The molecule has 3 saturated carbocycles. The number of likely N-dealkylation sites (tertiary alicyclic amines) is 3. The van der Waals surface area contributed by atoms with Crippen LogP contribution in [0.25, 0.3) is 30.6 Å². The molecule has 9 aliphatic rings. The standard InChI is InChI=1S/C38H49N5O7S.2C28H33N5O3S/c1-22-8-12-29(25-11-13-30-28(18-25)41-33(51-30)24-14-16-48-17-15-24)42(21-22)34(45)32(44)40-26-19-27(23-9-10-23)31(39-20-26)43(35(46)49-37(2,3)4)36(47)50-38(5,6)7;2*1-16-2-6-23(19-5-7-24-22(12-19)32-27(37-24)18-8-10-36-11-9-18)33(15-16)28(35)26(34)31-20-13-21(17-3-4-17)25(29)30-14-20/h11,13,18-20,22-24,29H,8-10,12,14-17,21H2,1-7H3,(H,40,44);2*5,7,12-14,16-18,23H,2-4,6,8-11,15H2,1H3,(H2,29,30)(H,31,34)/t22-,29?;16-,23?;16-,23+/m000/s1. The van der Waals surface area contributed by atoms with E-state index < -0.39 is 58.8 Å². The van der Waals surface area contributed by atoms with Crippen LogP contribution in [-0.2, 0) is 52.5 Å². The molecule has 6 aliphatic heterocycles. The van der Waals surface area contributed by atoms with E-state index in [2.05, 4.69) is 106 Å². The Kier molecular flexibility index (Phi) is 26.7. The van der Waals surface area contributed by atoms with Gasteiger partial charge in [-0.05, 0) is 275 Å². The summed E-state index contributed by atoms with van der Waals surface area (Å²) < 4.78 is 31.1. The van der Waals surface area contributed by atoms with Gasteiger partial charge in [-0.3, -0.25) is 28.8 Å². The van der Waals surface area contributed by atoms with E-state index >= 15 is 0 Å². The van der Waals surface area contributed by atoms with Crippen molar-refractivity contribution in [1.29, 1.82) is 0 Å². The maximum atomic E-state index is 13.9. The summed E-state index contributed by atoms with van der Waals surface area (Å²) in [5.41, 5.74) is 20.0. The summed E-state index contributed by atoms with van der Waals surface area (Å²) in [5, 5.41) is 11.8. The molecule has 662 valence electrons. The Morgan fingerprint density at radius 1 is 0.392 bits per heavy atom. The number of hydrogen-bond acceptors (Lipinski definition) is 24. The number of thiazole rings is 3. The van der Waals surface area contributed by atoms with E-state index in [0.29, 0.717) is 95.3 Å². The zero-order chi connectivity index (χ0) is 87.7. The summed E-state index contributed by atoms with van der Waals surface area (Å²) in [7, 11) is 0. The molecule has 0 radical (unpaired) electrons. The van der Waals surface area contributed by atoms with Crippen molar-refractivity contribution >= 4 is 147 Å². The first-order valence-electron chi connectivity index (χ1n) is 44.6. The fourth-order valence-corrected chi connectivity index (χ4v) is 21.2. The average Bonchev–Trinajstić information content (AvgIpc) is 1.74. The summed E-state index contributed by atoms with van der Waals surface area (Å²) in [6.45, 7) is 22.8. The van der Waals surface area contributed by atoms with Crippen LogP contribution in [0.5, 0.6) is 0 Å². The third kappa shape index (κ3) is 21.4. The van der Waals surface area contributed by atoms with Crippen LogP contribution in [0.2, 0.25) is 0 Å². The second-order valence-electron chi connectivity index (χ2n) is 37.5. The molecule has 6 aromatic heterocycles. The molecule has 18 rings (SSSR count). The minimum Gasteiger partial charge on any atom is -0.443 e. The number of rotatable bonds is 13. The molecule has 9 fully saturated rings. The fraction of sp³-hybridized carbons (Fsp3) is 0.532. The molecule has 12 heterocycles. The number of carbonyl (C=O) groups is 8. The smallest absolute Gasteiger partial charge is 0.425 e. The van der Waals surface area contributed by atoms with Gasteiger partial charge in [-0.1, -0.05) is 39.0 Å². The Labute approximate surface area is 740 Å². The Morgan fingerprint density at radius 2 is 0.688 bits per heavy atom. The molecule has 125 heavy (non-hydrogen) atoms. The van der Waals surface area contributed by atoms with E-state index in [9.17, 15) is 38.4 Å². The van der Waals surface area contributed by atoms with E-state index in [-0.39, 0.29) is 35.8 Å². The topological polar surface area (TPSA) is 361 Å². The SMILES string of the molecule is C[C@H]1CCC(c2ccc3sc(C4CCOCC4)nc3c2)N(C(=O)C(=O)Nc2cnc(N(C(=O)OC(C)(C)C)C(=O)OC(C)(C)C)c(C3CC3)c2)C1.C[C@H]1CCC(c2ccc3sc(C4CCOCC4)nc3c2)N(C(=O)C(=O)Nc2cnc(N)c(C3CC3)c2)C1.C[C@H]1CC[C@H](c2ccc3sc(C4CCOCC4)nc3c2)N(C(=O)C(=O)Nc2cnc(N)c(C3CC3)c2)C1. The number of nitrogens with one attached hydrogen (secondary N) is 3. The molecule has 2 unspecified atom stereocenters. The maximum absolute atomic E-state index is 13.9. The first-order valence-corrected chi connectivity index (χ1v) is 47.0. The number of nitrogens with two attached hydrogens (primary N) is 2. The number of ether oxygens (including phenoxy) is 5. The largest absolute Gasteiger partial charge is 0.443 e. The summed E-state index contributed by atoms with van der Waals surface area (Å²) in [4.78, 5) is 141. The van der Waals surface area contributed by atoms with E-state index in [1.807, 2.05) is 12.1 Å². The van der Waals surface area contributed by atoms with Crippen molar-refractivity contribution < 1.29 is 62.0 Å². The molecule has 7 N–H and O–H groups in total. The van der Waals surface area contributed by atoms with Gasteiger partial charge < -0.3 is 65.8 Å². The van der Waals surface area contributed by atoms with E-state index in [0.717, 1.165) is 224 Å². The monoisotopic (exact) mass is 1760 g/mol. The molecule has 3 aromatic carbocycles. The van der Waals surface area contributed by atoms with Gasteiger partial charge in [-0.25, -0.2) is 39.5 Å². The molecule has 0 bridgehead atoms. The predicted molar refractivity (Wildman–Crippen MR) is 484 cm³/mol. The number of nitrogens with zero attached hydrogens (tertiary/aromatic N) is 10. The summed E-state index contributed by atoms with van der Waals surface area (Å²) >= 11 is 5.23. The number of benzene rings is 3. The molecule has 0 spiro atoms. The minimum atomic E-state index is -0.918. The van der Waals surface area contributed by atoms with Crippen molar-refractivity contribution in [2.75, 3.05) is 91.6 Å². The highest BCUT2D eigenvalue weighted by Crippen LogP contribution is 2.49. The van der Waals surface area contributed by atoms with Gasteiger partial charge in [0.1, 0.15) is 22.8 Å². The van der Waals surface area contributed by atoms with Gasteiger partial charge in [0.25, 0.3) is 0 Å². The highest BCUT2D eigenvalue weighted by molar-refractivity contribution is 7.19. The molecule has 8 amide bonds. The number of carbonyl (C=O) groups excluding carboxylic acids is 8. The van der Waals surface area contributed by atoms with Crippen LogP contribution in [0.3, 0.4) is 0 Å². The van der Waals surface area contributed by atoms with Gasteiger partial charge in [-0.15, -0.1) is 34.0 Å². The van der Waals surface area contributed by atoms with Gasteiger partial charge in [-0.2, -0.15) is 4.90 Å². The Morgan fingerprint density at radius 3 is 0.992 bits per heavy atom. The molecule has 3 aliphatic carbocycles. The van der Waals surface area contributed by atoms with E-state index in [4.69, 9.17) is 50.1 Å². The van der Waals surface area contributed by atoms with Gasteiger partial charge in [0.15, 0.2) is 5.82 Å². The quantitative estimate of drug-likeness (QED) is 0.0669. The van der Waals surface area contributed by atoms with Crippen LogP contribution < -0.4 is 32.3 Å². The fourth-order valence-electron chi connectivity index (χ4n) is 17.8. The second-order valence-corrected chi connectivity index (χ2v) is 40.7. The van der Waals surface area contributed by atoms with Crippen molar-refractivity contribution in [3.8, 4) is 0 Å². The first-order chi connectivity index (χ1) is 60.0. The van der Waals surface area contributed by atoms with Gasteiger partial charge in [0, 0.05) is 82.6 Å². The third-order valence-corrected chi connectivity index (χ3v) is 28.5. The lowest BCUT2D eigenvalue weighted by Crippen LogP contribution is -2.46. The summed E-state index contributed by atoms with van der Waals surface area (Å²) in [5.74, 6) is 0.374. The molecule has 6 saturated heterocycles. The van der Waals surface area contributed by atoms with Crippen molar-refractivity contribution in [2.24, 2.45) is 17.8 Å². The lowest BCUT2D eigenvalue weighted by molar-refractivity contribution is -0.146. The number of anilines is 6. The number of aromatic nitrogens is 6. The van der Waals surface area contributed by atoms with E-state index in [1.165, 1.54) is 28.6 Å². The molecular formula is C94H115N15O13S3. The number of hydrogen-bond donors (Lipinski definition) is 5. The highest BCUT2D eigenvalue weighted by Gasteiger charge is 2.43. The van der Waals surface area contributed by atoms with E-state index in [1.54, 1.807) is 96.3 Å². The normalized spacial score (nSPS) is 21.7. The molecule has 28 nitrogen and oxygen atoms in total. The van der Waals surface area contributed by atoms with Crippen LogP contribution >= 0.6 is 34.0 Å². The maximum Gasteiger partial charge on any atom is 0.425 e. The van der Waals surface area contributed by atoms with Crippen molar-refractivity contribution in [3.05, 3.63) is 140 Å². The highest BCUT2D eigenvalue weighted by atomic mass is 32.1. The number of pyridine rings is 3. The minimum absolute atomic E-state index is 0.00680. The molecule has 31 heteroatoms. The van der Waals surface area contributed by atoms with Gasteiger partial charge in [0.05, 0.1) is 99.5 Å². The lowest BCUT2D eigenvalue weighted by Gasteiger charge is -2.38. The van der Waals surface area contributed by atoms with Crippen molar-refractivity contribution in [3.63, 3.8) is 0 Å². The summed E-state index contributed by atoms with van der Waals surface area (Å²) in [6, 6.07) is 23.7. The molecule has 6 atom stereocenters. The number of amides is 8.